The second-order valence-electron chi connectivity index (χ2n) is 7.20. The first-order valence-corrected chi connectivity index (χ1v) is 7.45. The van der Waals surface area contributed by atoms with Crippen molar-refractivity contribution in [2.24, 2.45) is 17.3 Å². The molecule has 0 radical (unpaired) electrons. The zero-order valence-electron chi connectivity index (χ0n) is 12.0. The van der Waals surface area contributed by atoms with Crippen LogP contribution in [-0.2, 0) is 9.47 Å². The Balaban J connectivity index is 1.67. The molecular formula is C15H27NO2. The quantitative estimate of drug-likeness (QED) is 0.836. The number of rotatable bonds is 3. The van der Waals surface area contributed by atoms with E-state index in [1.54, 1.807) is 0 Å². The average Bonchev–Trinajstić information content (AvgIpc) is 2.74. The molecule has 1 saturated carbocycles. The molecule has 2 saturated heterocycles. The third-order valence-electron chi connectivity index (χ3n) is 5.46. The highest BCUT2D eigenvalue weighted by atomic mass is 16.6. The zero-order chi connectivity index (χ0) is 12.8. The molecule has 18 heavy (non-hydrogen) atoms. The van der Waals surface area contributed by atoms with Crippen molar-refractivity contribution in [1.82, 2.24) is 5.32 Å². The minimum atomic E-state index is 0.0526. The van der Waals surface area contributed by atoms with Gasteiger partial charge in [-0.15, -0.1) is 0 Å². The Hall–Kier alpha value is -0.120. The molecule has 2 aliphatic heterocycles. The fourth-order valence-corrected chi connectivity index (χ4v) is 4.12. The van der Waals surface area contributed by atoms with Crippen LogP contribution in [0.3, 0.4) is 0 Å². The Kier molecular flexibility index (Phi) is 3.20. The van der Waals surface area contributed by atoms with E-state index in [9.17, 15) is 0 Å². The zero-order valence-corrected chi connectivity index (χ0v) is 12.0. The third kappa shape index (κ3) is 2.21. The number of nitrogens with one attached hydrogen (secondary N) is 1. The lowest BCUT2D eigenvalue weighted by molar-refractivity contribution is -0.104. The first-order valence-electron chi connectivity index (χ1n) is 7.45. The Labute approximate surface area is 111 Å². The summed E-state index contributed by atoms with van der Waals surface area (Å²) >= 11 is 0. The fraction of sp³-hybridized carbons (Fsp3) is 1.00. The molecule has 0 aromatic carbocycles. The van der Waals surface area contributed by atoms with E-state index in [1.807, 2.05) is 0 Å². The Morgan fingerprint density at radius 3 is 2.56 bits per heavy atom. The van der Waals surface area contributed by atoms with Gasteiger partial charge in [-0.3, -0.25) is 0 Å². The molecule has 4 atom stereocenters. The van der Waals surface area contributed by atoms with Crippen LogP contribution in [0.25, 0.3) is 0 Å². The van der Waals surface area contributed by atoms with Gasteiger partial charge in [-0.1, -0.05) is 13.8 Å². The normalized spacial score (nSPS) is 44.2. The van der Waals surface area contributed by atoms with Gasteiger partial charge in [0.15, 0.2) is 0 Å². The van der Waals surface area contributed by atoms with Crippen LogP contribution in [0, 0.1) is 17.3 Å². The van der Waals surface area contributed by atoms with Crippen LogP contribution in [0.1, 0.15) is 39.5 Å². The molecule has 1 spiro atoms. The van der Waals surface area contributed by atoms with E-state index in [1.165, 1.54) is 19.3 Å². The first kappa shape index (κ1) is 12.9. The molecule has 3 rings (SSSR count). The summed E-state index contributed by atoms with van der Waals surface area (Å²) in [7, 11) is 2.13. The van der Waals surface area contributed by atoms with E-state index in [2.05, 4.69) is 26.2 Å². The van der Waals surface area contributed by atoms with Gasteiger partial charge in [-0.25, -0.2) is 0 Å². The number of hydrogen-bond donors (Lipinski definition) is 1. The largest absolute Gasteiger partial charge is 0.378 e. The predicted octanol–water partition coefficient (Wildman–Crippen LogP) is 2.21. The van der Waals surface area contributed by atoms with Gasteiger partial charge in [0.2, 0.25) is 0 Å². The third-order valence-corrected chi connectivity index (χ3v) is 5.46. The smallest absolute Gasteiger partial charge is 0.0939 e. The lowest BCUT2D eigenvalue weighted by Gasteiger charge is -2.41. The summed E-state index contributed by atoms with van der Waals surface area (Å²) in [6, 6.07) is 0.668. The maximum atomic E-state index is 6.05. The summed E-state index contributed by atoms with van der Waals surface area (Å²) in [5, 5.41) is 3.60. The number of hydrogen-bond acceptors (Lipinski definition) is 3. The van der Waals surface area contributed by atoms with Crippen molar-refractivity contribution >= 4 is 0 Å². The van der Waals surface area contributed by atoms with Crippen LogP contribution in [-0.4, -0.2) is 38.5 Å². The molecule has 0 aromatic heterocycles. The molecule has 3 aliphatic rings. The lowest BCUT2D eigenvalue weighted by Crippen LogP contribution is -2.47. The maximum Gasteiger partial charge on any atom is 0.0939 e. The Bertz CT molecular complexity index is 310. The molecule has 0 bridgehead atoms. The molecule has 104 valence electrons. The van der Waals surface area contributed by atoms with Gasteiger partial charge in [0, 0.05) is 25.7 Å². The topological polar surface area (TPSA) is 30.5 Å². The van der Waals surface area contributed by atoms with E-state index < -0.39 is 0 Å². The summed E-state index contributed by atoms with van der Waals surface area (Å²) in [5.41, 5.74) is 0.600. The van der Waals surface area contributed by atoms with Crippen molar-refractivity contribution in [3.63, 3.8) is 0 Å². The van der Waals surface area contributed by atoms with Crippen molar-refractivity contribution in [1.29, 1.82) is 0 Å². The van der Waals surface area contributed by atoms with Crippen molar-refractivity contribution in [3.05, 3.63) is 0 Å². The van der Waals surface area contributed by atoms with Crippen LogP contribution in [0.4, 0.5) is 0 Å². The van der Waals surface area contributed by atoms with Gasteiger partial charge >= 0.3 is 0 Å². The fourth-order valence-electron chi connectivity index (χ4n) is 4.12. The molecule has 0 amide bonds. The van der Waals surface area contributed by atoms with E-state index in [-0.39, 0.29) is 5.60 Å². The van der Waals surface area contributed by atoms with Gasteiger partial charge in [-0.2, -0.15) is 0 Å². The van der Waals surface area contributed by atoms with E-state index in [4.69, 9.17) is 9.47 Å². The molecule has 3 nitrogen and oxygen atoms in total. The van der Waals surface area contributed by atoms with Gasteiger partial charge < -0.3 is 14.8 Å². The summed E-state index contributed by atoms with van der Waals surface area (Å²) in [4.78, 5) is 0. The first-order chi connectivity index (χ1) is 8.56. The van der Waals surface area contributed by atoms with Gasteiger partial charge in [0.05, 0.1) is 12.2 Å². The second kappa shape index (κ2) is 4.46. The molecule has 1 aliphatic carbocycles. The van der Waals surface area contributed by atoms with Gasteiger partial charge in [0.25, 0.3) is 0 Å². The Morgan fingerprint density at radius 1 is 1.22 bits per heavy atom. The molecule has 4 unspecified atom stereocenters. The SMILES string of the molecule is CNC(C1CCOC2(CCOC2)C1)C1CC1(C)C. The van der Waals surface area contributed by atoms with Crippen LogP contribution in [0.2, 0.25) is 0 Å². The van der Waals surface area contributed by atoms with Crippen LogP contribution in [0.5, 0.6) is 0 Å². The summed E-state index contributed by atoms with van der Waals surface area (Å²) in [6.07, 6.45) is 4.86. The number of ether oxygens (including phenoxy) is 2. The highest BCUT2D eigenvalue weighted by Gasteiger charge is 2.53. The minimum absolute atomic E-state index is 0.0526. The molecular weight excluding hydrogens is 226 g/mol. The van der Waals surface area contributed by atoms with Crippen molar-refractivity contribution in [2.75, 3.05) is 26.9 Å². The molecule has 3 fully saturated rings. The predicted molar refractivity (Wildman–Crippen MR) is 71.6 cm³/mol. The van der Waals surface area contributed by atoms with Crippen LogP contribution in [0.15, 0.2) is 0 Å². The van der Waals surface area contributed by atoms with Gasteiger partial charge in [-0.05, 0) is 43.6 Å². The monoisotopic (exact) mass is 253 g/mol. The lowest BCUT2D eigenvalue weighted by atomic mass is 9.78. The highest BCUT2D eigenvalue weighted by Crippen LogP contribution is 2.56. The molecule has 2 heterocycles. The van der Waals surface area contributed by atoms with Gasteiger partial charge in [0.1, 0.15) is 0 Å². The van der Waals surface area contributed by atoms with Crippen molar-refractivity contribution < 1.29 is 9.47 Å². The summed E-state index contributed by atoms with van der Waals surface area (Å²) in [5.74, 6) is 1.61. The van der Waals surface area contributed by atoms with Crippen LogP contribution >= 0.6 is 0 Å². The second-order valence-corrected chi connectivity index (χ2v) is 7.20. The molecule has 0 aromatic rings. The maximum absolute atomic E-state index is 6.05. The van der Waals surface area contributed by atoms with E-state index in [0.29, 0.717) is 11.5 Å². The molecule has 1 N–H and O–H groups in total. The van der Waals surface area contributed by atoms with Crippen molar-refractivity contribution in [3.8, 4) is 0 Å². The average molecular weight is 253 g/mol. The Morgan fingerprint density at radius 2 is 2.00 bits per heavy atom. The van der Waals surface area contributed by atoms with Crippen molar-refractivity contribution in [2.45, 2.75) is 51.2 Å². The van der Waals surface area contributed by atoms with Crippen LogP contribution < -0.4 is 5.32 Å². The standard InChI is InChI=1S/C15H27NO2/c1-14(2)9-12(14)13(16-3)11-4-6-18-15(8-11)5-7-17-10-15/h11-13,16H,4-10H2,1-3H3. The van der Waals surface area contributed by atoms with E-state index >= 15 is 0 Å². The summed E-state index contributed by atoms with van der Waals surface area (Å²) in [6.45, 7) is 7.41. The summed E-state index contributed by atoms with van der Waals surface area (Å²) < 4.78 is 11.6. The van der Waals surface area contributed by atoms with E-state index in [0.717, 1.165) is 38.1 Å². The molecule has 3 heteroatoms. The highest BCUT2D eigenvalue weighted by molar-refractivity contribution is 5.05. The minimum Gasteiger partial charge on any atom is -0.378 e.